The van der Waals surface area contributed by atoms with Crippen molar-refractivity contribution in [2.24, 2.45) is 41.4 Å². The average molecular weight is 919 g/mol. The molecule has 3 aromatic rings. The predicted octanol–water partition coefficient (Wildman–Crippen LogP) is 8.69. The fourth-order valence-corrected chi connectivity index (χ4v) is 10.3. The van der Waals surface area contributed by atoms with Gasteiger partial charge in [-0.1, -0.05) is 153 Å². The Morgan fingerprint density at radius 1 is 0.424 bits per heavy atom. The molecule has 4 fully saturated rings. The summed E-state index contributed by atoms with van der Waals surface area (Å²) in [6.07, 6.45) is -7.63. The standard InChI is InChI=1S/C54H78O12/c1-10-42-33(4)32(3)37(8)52(60-42)65-48-35(6)34(5)43(11-2)61-53(48)66-49-46(56)44(27-55)62-54(50(49)58-29-40-23-17-13-18-24-40)64-47-36(7)38(9)51(59-30-41-25-19-14-20-26-41)63-45(47)31-57-28-39-21-15-12-16-22-39/h12-26,32-38,42-56H,10-11,27-31H2,1-9H3/t32-,33?,34+,35+,36+,37?,38?,42?,43?,44?,45?,46+,47-,48?,49-,50?,51+,52-,53-,54-/m0/s1. The van der Waals surface area contributed by atoms with Gasteiger partial charge in [0.15, 0.2) is 25.2 Å². The molecule has 0 radical (unpaired) electrons. The van der Waals surface area contributed by atoms with Crippen molar-refractivity contribution in [1.29, 1.82) is 0 Å². The van der Waals surface area contributed by atoms with Crippen molar-refractivity contribution in [1.82, 2.24) is 0 Å². The minimum atomic E-state index is -1.32. The average Bonchev–Trinajstić information content (AvgIpc) is 3.34. The molecule has 0 amide bonds. The second-order valence-corrected chi connectivity index (χ2v) is 19.5. The van der Waals surface area contributed by atoms with Crippen molar-refractivity contribution < 1.29 is 57.6 Å². The highest BCUT2D eigenvalue weighted by Gasteiger charge is 2.54. The summed E-state index contributed by atoms with van der Waals surface area (Å²) in [5.74, 6) is 0.817. The van der Waals surface area contributed by atoms with Crippen LogP contribution in [0.5, 0.6) is 0 Å². The first-order valence-electron chi connectivity index (χ1n) is 24.7. The first-order valence-corrected chi connectivity index (χ1v) is 24.7. The molecule has 66 heavy (non-hydrogen) atoms. The molecular formula is C54H78O12. The second-order valence-electron chi connectivity index (χ2n) is 19.5. The third-order valence-corrected chi connectivity index (χ3v) is 15.4. The number of hydrogen-bond acceptors (Lipinski definition) is 12. The van der Waals surface area contributed by atoms with Crippen LogP contribution in [0, 0.1) is 41.4 Å². The Morgan fingerprint density at radius 2 is 0.864 bits per heavy atom. The van der Waals surface area contributed by atoms with Crippen molar-refractivity contribution >= 4 is 0 Å². The van der Waals surface area contributed by atoms with Gasteiger partial charge < -0.3 is 57.6 Å². The molecule has 366 valence electrons. The highest BCUT2D eigenvalue weighted by atomic mass is 16.8. The van der Waals surface area contributed by atoms with Gasteiger partial charge in [0.1, 0.15) is 36.6 Å². The van der Waals surface area contributed by atoms with E-state index in [-0.39, 0.29) is 55.0 Å². The van der Waals surface area contributed by atoms with Crippen LogP contribution in [0.2, 0.25) is 0 Å². The molecule has 4 saturated heterocycles. The summed E-state index contributed by atoms with van der Waals surface area (Å²) in [6, 6.07) is 29.9. The van der Waals surface area contributed by atoms with Crippen LogP contribution in [0.3, 0.4) is 0 Å². The summed E-state index contributed by atoms with van der Waals surface area (Å²) < 4.78 is 67.8. The van der Waals surface area contributed by atoms with E-state index in [9.17, 15) is 10.2 Å². The van der Waals surface area contributed by atoms with Crippen LogP contribution in [-0.2, 0) is 67.2 Å². The zero-order valence-corrected chi connectivity index (χ0v) is 40.6. The molecule has 4 aliphatic heterocycles. The molecule has 0 saturated carbocycles. The van der Waals surface area contributed by atoms with Gasteiger partial charge in [0.25, 0.3) is 0 Å². The van der Waals surface area contributed by atoms with E-state index in [4.69, 9.17) is 47.4 Å². The van der Waals surface area contributed by atoms with Crippen LogP contribution in [0.15, 0.2) is 91.0 Å². The topological polar surface area (TPSA) is 133 Å². The number of benzene rings is 3. The number of ether oxygens (including phenoxy) is 10. The fourth-order valence-electron chi connectivity index (χ4n) is 10.3. The largest absolute Gasteiger partial charge is 0.394 e. The zero-order valence-electron chi connectivity index (χ0n) is 40.6. The Morgan fingerprint density at radius 3 is 1.44 bits per heavy atom. The molecule has 4 heterocycles. The van der Waals surface area contributed by atoms with Gasteiger partial charge in [0.05, 0.1) is 51.3 Å². The van der Waals surface area contributed by atoms with Gasteiger partial charge in [-0.25, -0.2) is 0 Å². The number of rotatable bonds is 19. The monoisotopic (exact) mass is 919 g/mol. The summed E-state index contributed by atoms with van der Waals surface area (Å²) in [7, 11) is 0. The minimum absolute atomic E-state index is 0.0102. The zero-order chi connectivity index (χ0) is 46.9. The summed E-state index contributed by atoms with van der Waals surface area (Å²) in [5.41, 5.74) is 3.00. The Kier molecular flexibility index (Phi) is 18.7. The molecule has 3 aromatic carbocycles. The third kappa shape index (κ3) is 12.1. The van der Waals surface area contributed by atoms with Crippen molar-refractivity contribution in [3.8, 4) is 0 Å². The van der Waals surface area contributed by atoms with Crippen molar-refractivity contribution in [3.05, 3.63) is 108 Å². The maximum absolute atomic E-state index is 12.2. The van der Waals surface area contributed by atoms with Gasteiger partial charge in [0, 0.05) is 11.8 Å². The summed E-state index contributed by atoms with van der Waals surface area (Å²) in [5, 5.41) is 23.0. The van der Waals surface area contributed by atoms with Crippen LogP contribution < -0.4 is 0 Å². The van der Waals surface area contributed by atoms with Gasteiger partial charge in [-0.05, 0) is 59.1 Å². The molecular weight excluding hydrogens is 841 g/mol. The molecule has 4 aliphatic rings. The van der Waals surface area contributed by atoms with Gasteiger partial charge in [0.2, 0.25) is 0 Å². The molecule has 12 heteroatoms. The molecule has 0 aliphatic carbocycles. The van der Waals surface area contributed by atoms with Crippen molar-refractivity contribution in [2.75, 3.05) is 13.2 Å². The van der Waals surface area contributed by atoms with Crippen LogP contribution in [0.4, 0.5) is 0 Å². The van der Waals surface area contributed by atoms with E-state index in [2.05, 4.69) is 62.3 Å². The lowest BCUT2D eigenvalue weighted by atomic mass is 9.78. The van der Waals surface area contributed by atoms with Crippen LogP contribution in [0.25, 0.3) is 0 Å². The van der Waals surface area contributed by atoms with Crippen molar-refractivity contribution in [2.45, 2.75) is 175 Å². The summed E-state index contributed by atoms with van der Waals surface area (Å²) in [6.45, 7) is 20.3. The second kappa shape index (κ2) is 24.1. The maximum atomic E-state index is 12.2. The molecule has 9 unspecified atom stereocenters. The van der Waals surface area contributed by atoms with Crippen molar-refractivity contribution in [3.63, 3.8) is 0 Å². The SMILES string of the molecule is CCC1O[C@@H](OC2[C@H](O[C@@H]3C(OCc4ccccc4)[C@H](O[C@@H]4C(COCc5ccccc5)O[C@@H](OCc5ccccc5)C(C)[C@H]4C)OC(CO)[C@H]3O)OC(CC)[C@H](C)[C@H]2C)C(C)[C@@H](C)C1C. The quantitative estimate of drug-likeness (QED) is 0.119. The lowest BCUT2D eigenvalue weighted by Crippen LogP contribution is -2.65. The van der Waals surface area contributed by atoms with E-state index in [0.717, 1.165) is 29.5 Å². The van der Waals surface area contributed by atoms with E-state index in [1.807, 2.05) is 91.0 Å². The van der Waals surface area contributed by atoms with E-state index >= 15 is 0 Å². The van der Waals surface area contributed by atoms with E-state index in [0.29, 0.717) is 25.0 Å². The van der Waals surface area contributed by atoms with Gasteiger partial charge in [-0.3, -0.25) is 0 Å². The minimum Gasteiger partial charge on any atom is -0.394 e. The first kappa shape index (κ1) is 51.0. The molecule has 7 rings (SSSR count). The number of aliphatic hydroxyl groups excluding tert-OH is 2. The Balaban J connectivity index is 1.18. The predicted molar refractivity (Wildman–Crippen MR) is 249 cm³/mol. The van der Waals surface area contributed by atoms with E-state index in [1.165, 1.54) is 0 Å². The first-order chi connectivity index (χ1) is 31.9. The smallest absolute Gasteiger partial charge is 0.187 e. The third-order valence-electron chi connectivity index (χ3n) is 15.4. The lowest BCUT2D eigenvalue weighted by molar-refractivity contribution is -0.387. The Labute approximate surface area is 393 Å². The molecule has 0 aromatic heterocycles. The van der Waals surface area contributed by atoms with Gasteiger partial charge in [-0.2, -0.15) is 0 Å². The highest BCUT2D eigenvalue weighted by Crippen LogP contribution is 2.43. The Hall–Kier alpha value is -2.82. The molecule has 0 bridgehead atoms. The van der Waals surface area contributed by atoms with E-state index < -0.39 is 74.5 Å². The van der Waals surface area contributed by atoms with E-state index in [1.54, 1.807) is 0 Å². The van der Waals surface area contributed by atoms with Crippen LogP contribution in [0.1, 0.15) is 91.8 Å². The van der Waals surface area contributed by atoms with Crippen LogP contribution in [-0.4, -0.2) is 104 Å². The summed E-state index contributed by atoms with van der Waals surface area (Å²) >= 11 is 0. The highest BCUT2D eigenvalue weighted by molar-refractivity contribution is 5.15. The number of hydrogen-bond donors (Lipinski definition) is 2. The van der Waals surface area contributed by atoms with Gasteiger partial charge in [-0.15, -0.1) is 0 Å². The normalized spacial score (nSPS) is 39.7. The summed E-state index contributed by atoms with van der Waals surface area (Å²) in [4.78, 5) is 0. The molecule has 0 spiro atoms. The lowest BCUT2D eigenvalue weighted by Gasteiger charge is -2.51. The number of aliphatic hydroxyl groups is 2. The Bertz CT molecular complexity index is 1840. The van der Waals surface area contributed by atoms with Gasteiger partial charge >= 0.3 is 0 Å². The fraction of sp³-hybridized carbons (Fsp3) is 0.667. The van der Waals surface area contributed by atoms with Crippen LogP contribution >= 0.6 is 0 Å². The maximum Gasteiger partial charge on any atom is 0.187 e. The molecule has 12 nitrogen and oxygen atoms in total. The molecule has 20 atom stereocenters. The molecule has 2 N–H and O–H groups in total.